The lowest BCUT2D eigenvalue weighted by molar-refractivity contribution is 0.528. The molecular formula is C11H18ClN3. The SMILES string of the molecule is CNCC/C=C/c1c(Cl)cnn1C(C)C. The zero-order valence-electron chi connectivity index (χ0n) is 9.50. The molecule has 0 aliphatic carbocycles. The van der Waals surface area contributed by atoms with Gasteiger partial charge < -0.3 is 5.32 Å². The molecule has 84 valence electrons. The molecule has 1 heterocycles. The fourth-order valence-corrected chi connectivity index (χ4v) is 1.53. The summed E-state index contributed by atoms with van der Waals surface area (Å²) in [6.07, 6.45) is 6.83. The standard InChI is InChI=1S/C11H18ClN3/c1-9(2)15-11(10(12)8-14-15)6-4-5-7-13-3/h4,6,8-9,13H,5,7H2,1-3H3/b6-4+. The van der Waals surface area contributed by atoms with E-state index >= 15 is 0 Å². The second-order valence-electron chi connectivity index (χ2n) is 3.71. The Balaban J connectivity index is 2.74. The molecule has 0 bridgehead atoms. The Kier molecular flexibility index (Phi) is 4.85. The van der Waals surface area contributed by atoms with Crippen molar-refractivity contribution in [2.75, 3.05) is 13.6 Å². The Bertz CT molecular complexity index is 329. The molecule has 0 saturated heterocycles. The van der Waals surface area contributed by atoms with Crippen molar-refractivity contribution in [2.24, 2.45) is 0 Å². The number of hydrogen-bond donors (Lipinski definition) is 1. The molecule has 15 heavy (non-hydrogen) atoms. The van der Waals surface area contributed by atoms with E-state index in [9.17, 15) is 0 Å². The first-order chi connectivity index (χ1) is 7.16. The van der Waals surface area contributed by atoms with Crippen molar-refractivity contribution >= 4 is 17.7 Å². The van der Waals surface area contributed by atoms with Gasteiger partial charge in [-0.05, 0) is 39.9 Å². The summed E-state index contributed by atoms with van der Waals surface area (Å²) in [5.74, 6) is 0. The summed E-state index contributed by atoms with van der Waals surface area (Å²) in [4.78, 5) is 0. The van der Waals surface area contributed by atoms with Gasteiger partial charge in [0.25, 0.3) is 0 Å². The molecule has 0 radical (unpaired) electrons. The van der Waals surface area contributed by atoms with Crippen LogP contribution in [0.5, 0.6) is 0 Å². The third kappa shape index (κ3) is 3.36. The van der Waals surface area contributed by atoms with Crippen molar-refractivity contribution in [1.29, 1.82) is 0 Å². The van der Waals surface area contributed by atoms with Crippen LogP contribution in [0, 0.1) is 0 Å². The second-order valence-corrected chi connectivity index (χ2v) is 4.12. The third-order valence-corrected chi connectivity index (χ3v) is 2.40. The molecule has 0 fully saturated rings. The van der Waals surface area contributed by atoms with Crippen molar-refractivity contribution in [3.05, 3.63) is 23.0 Å². The highest BCUT2D eigenvalue weighted by Crippen LogP contribution is 2.20. The number of nitrogens with one attached hydrogen (secondary N) is 1. The molecule has 0 spiro atoms. The molecule has 1 aromatic rings. The normalized spacial score (nSPS) is 11.8. The molecule has 0 aliphatic rings. The average molecular weight is 228 g/mol. The van der Waals surface area contributed by atoms with Gasteiger partial charge in [-0.25, -0.2) is 0 Å². The highest BCUT2D eigenvalue weighted by atomic mass is 35.5. The number of halogens is 1. The molecule has 1 rings (SSSR count). The quantitative estimate of drug-likeness (QED) is 0.784. The average Bonchev–Trinajstić information content (AvgIpc) is 2.55. The largest absolute Gasteiger partial charge is 0.319 e. The lowest BCUT2D eigenvalue weighted by Gasteiger charge is -2.08. The van der Waals surface area contributed by atoms with Crippen LogP contribution in [0.3, 0.4) is 0 Å². The zero-order valence-corrected chi connectivity index (χ0v) is 10.3. The molecular weight excluding hydrogens is 210 g/mol. The third-order valence-electron chi connectivity index (χ3n) is 2.11. The van der Waals surface area contributed by atoms with Gasteiger partial charge in [-0.3, -0.25) is 4.68 Å². The highest BCUT2D eigenvalue weighted by molar-refractivity contribution is 6.31. The van der Waals surface area contributed by atoms with E-state index in [1.807, 2.05) is 17.8 Å². The minimum Gasteiger partial charge on any atom is -0.319 e. The molecule has 0 amide bonds. The van der Waals surface area contributed by atoms with Gasteiger partial charge in [0.2, 0.25) is 0 Å². The highest BCUT2D eigenvalue weighted by Gasteiger charge is 2.07. The number of hydrogen-bond acceptors (Lipinski definition) is 2. The van der Waals surface area contributed by atoms with E-state index in [4.69, 9.17) is 11.6 Å². The van der Waals surface area contributed by atoms with Crippen LogP contribution in [0.1, 0.15) is 32.0 Å². The van der Waals surface area contributed by atoms with Crippen LogP contribution in [0.4, 0.5) is 0 Å². The first kappa shape index (κ1) is 12.3. The molecule has 1 aromatic heterocycles. The van der Waals surface area contributed by atoms with Gasteiger partial charge in [0.1, 0.15) is 0 Å². The van der Waals surface area contributed by atoms with Crippen LogP contribution in [-0.2, 0) is 0 Å². The van der Waals surface area contributed by atoms with Crippen LogP contribution >= 0.6 is 11.6 Å². The summed E-state index contributed by atoms with van der Waals surface area (Å²) in [7, 11) is 1.94. The summed E-state index contributed by atoms with van der Waals surface area (Å²) in [6.45, 7) is 5.16. The van der Waals surface area contributed by atoms with Gasteiger partial charge in [0, 0.05) is 6.04 Å². The van der Waals surface area contributed by atoms with E-state index in [1.165, 1.54) is 0 Å². The molecule has 0 atom stereocenters. The maximum absolute atomic E-state index is 6.05. The summed E-state index contributed by atoms with van der Waals surface area (Å²) in [5.41, 5.74) is 0.989. The van der Waals surface area contributed by atoms with Crippen molar-refractivity contribution in [3.63, 3.8) is 0 Å². The number of aromatic nitrogens is 2. The fraction of sp³-hybridized carbons (Fsp3) is 0.545. The van der Waals surface area contributed by atoms with Gasteiger partial charge >= 0.3 is 0 Å². The lowest BCUT2D eigenvalue weighted by atomic mass is 10.3. The molecule has 0 aromatic carbocycles. The Hall–Kier alpha value is -0.800. The van der Waals surface area contributed by atoms with E-state index in [0.29, 0.717) is 11.1 Å². The topological polar surface area (TPSA) is 29.9 Å². The van der Waals surface area contributed by atoms with E-state index in [0.717, 1.165) is 18.7 Å². The van der Waals surface area contributed by atoms with Crippen molar-refractivity contribution in [2.45, 2.75) is 26.3 Å². The summed E-state index contributed by atoms with van der Waals surface area (Å²) < 4.78 is 1.93. The maximum atomic E-state index is 6.05. The molecule has 0 aliphatic heterocycles. The Morgan fingerprint density at radius 1 is 1.60 bits per heavy atom. The van der Waals surface area contributed by atoms with E-state index in [1.54, 1.807) is 6.20 Å². The van der Waals surface area contributed by atoms with Crippen LogP contribution in [-0.4, -0.2) is 23.4 Å². The Morgan fingerprint density at radius 2 is 2.33 bits per heavy atom. The predicted molar refractivity (Wildman–Crippen MR) is 65.2 cm³/mol. The van der Waals surface area contributed by atoms with Crippen LogP contribution in [0.2, 0.25) is 5.02 Å². The van der Waals surface area contributed by atoms with Crippen LogP contribution < -0.4 is 5.32 Å². The first-order valence-electron chi connectivity index (χ1n) is 5.21. The predicted octanol–water partition coefficient (Wildman–Crippen LogP) is 2.74. The Morgan fingerprint density at radius 3 is 2.93 bits per heavy atom. The summed E-state index contributed by atoms with van der Waals surface area (Å²) >= 11 is 6.05. The van der Waals surface area contributed by atoms with Gasteiger partial charge in [0.05, 0.1) is 16.9 Å². The first-order valence-corrected chi connectivity index (χ1v) is 5.58. The van der Waals surface area contributed by atoms with Gasteiger partial charge in [-0.1, -0.05) is 17.7 Å². The van der Waals surface area contributed by atoms with Crippen molar-refractivity contribution < 1.29 is 0 Å². The maximum Gasteiger partial charge on any atom is 0.0859 e. The molecule has 0 unspecified atom stereocenters. The molecule has 3 nitrogen and oxygen atoms in total. The second kappa shape index (κ2) is 5.93. The Labute approximate surface area is 96.1 Å². The monoisotopic (exact) mass is 227 g/mol. The lowest BCUT2D eigenvalue weighted by Crippen LogP contribution is -2.06. The van der Waals surface area contributed by atoms with Gasteiger partial charge in [-0.2, -0.15) is 5.10 Å². The van der Waals surface area contributed by atoms with Crippen molar-refractivity contribution in [3.8, 4) is 0 Å². The molecule has 1 N–H and O–H groups in total. The molecule has 4 heteroatoms. The van der Waals surface area contributed by atoms with E-state index in [-0.39, 0.29) is 0 Å². The minimum absolute atomic E-state index is 0.335. The van der Waals surface area contributed by atoms with Crippen LogP contribution in [0.25, 0.3) is 6.08 Å². The smallest absolute Gasteiger partial charge is 0.0859 e. The number of nitrogens with zero attached hydrogens (tertiary/aromatic N) is 2. The fourth-order valence-electron chi connectivity index (χ4n) is 1.34. The van der Waals surface area contributed by atoms with E-state index < -0.39 is 0 Å². The van der Waals surface area contributed by atoms with Gasteiger partial charge in [0.15, 0.2) is 0 Å². The number of rotatable bonds is 5. The summed E-state index contributed by atoms with van der Waals surface area (Å²) in [5, 5.41) is 8.04. The molecule has 0 saturated carbocycles. The van der Waals surface area contributed by atoms with Crippen LogP contribution in [0.15, 0.2) is 12.3 Å². The van der Waals surface area contributed by atoms with Crippen molar-refractivity contribution in [1.82, 2.24) is 15.1 Å². The summed E-state index contributed by atoms with van der Waals surface area (Å²) in [6, 6.07) is 0.335. The minimum atomic E-state index is 0.335. The van der Waals surface area contributed by atoms with E-state index in [2.05, 4.69) is 30.3 Å². The zero-order chi connectivity index (χ0) is 11.3. The van der Waals surface area contributed by atoms with Gasteiger partial charge in [-0.15, -0.1) is 0 Å².